The van der Waals surface area contributed by atoms with Gasteiger partial charge in [0.25, 0.3) is 5.69 Å². The van der Waals surface area contributed by atoms with E-state index in [0.717, 1.165) is 5.69 Å². The third kappa shape index (κ3) is 4.58. The van der Waals surface area contributed by atoms with Crippen LogP contribution in [0.4, 0.5) is 16.2 Å². The van der Waals surface area contributed by atoms with Crippen molar-refractivity contribution in [1.82, 2.24) is 10.2 Å². The van der Waals surface area contributed by atoms with E-state index < -0.39 is 10.9 Å². The molecule has 1 aliphatic rings. The van der Waals surface area contributed by atoms with Crippen molar-refractivity contribution in [3.63, 3.8) is 0 Å². The summed E-state index contributed by atoms with van der Waals surface area (Å²) in [4.78, 5) is 37.1. The minimum absolute atomic E-state index is 0.0516. The number of nitrogens with zero attached hydrogens (tertiary/aromatic N) is 3. The molecule has 0 bridgehead atoms. The molecule has 0 atom stereocenters. The Labute approximate surface area is 139 Å². The lowest BCUT2D eigenvalue weighted by atomic mass is 10.2. The molecule has 130 valence electrons. The number of amides is 2. The maximum Gasteiger partial charge on any atom is 0.325 e. The van der Waals surface area contributed by atoms with E-state index in [1.807, 2.05) is 0 Å². The number of carbonyl (C=O) groups is 2. The number of rotatable bonds is 5. The number of hydrogen-bond acceptors (Lipinski definition) is 6. The predicted octanol–water partition coefficient (Wildman–Crippen LogP) is 0.989. The second-order valence-corrected chi connectivity index (χ2v) is 5.21. The lowest BCUT2D eigenvalue weighted by Crippen LogP contribution is -2.52. The highest BCUT2D eigenvalue weighted by Crippen LogP contribution is 2.20. The summed E-state index contributed by atoms with van der Waals surface area (Å²) in [6.07, 6.45) is 0. The van der Waals surface area contributed by atoms with Crippen molar-refractivity contribution in [2.45, 2.75) is 6.92 Å². The Balaban J connectivity index is 1.81. The van der Waals surface area contributed by atoms with E-state index in [0.29, 0.717) is 26.2 Å². The van der Waals surface area contributed by atoms with E-state index in [9.17, 15) is 19.7 Å². The summed E-state index contributed by atoms with van der Waals surface area (Å²) in [5.74, 6) is -0.463. The smallest absolute Gasteiger partial charge is 0.325 e. The van der Waals surface area contributed by atoms with Gasteiger partial charge in [0.1, 0.15) is 6.54 Å². The summed E-state index contributed by atoms with van der Waals surface area (Å²) in [7, 11) is 0. The Bertz CT molecular complexity index is 596. The first-order valence-electron chi connectivity index (χ1n) is 7.69. The molecule has 9 nitrogen and oxygen atoms in total. The fourth-order valence-electron chi connectivity index (χ4n) is 2.42. The Morgan fingerprint density at radius 2 is 1.83 bits per heavy atom. The SMILES string of the molecule is CCOC(=O)CNC(=O)N1CCN(c2ccc([N+](=O)[O-])cc2)CC1. The molecule has 1 aromatic carbocycles. The molecule has 0 aliphatic carbocycles. The molecule has 1 N–H and O–H groups in total. The highest BCUT2D eigenvalue weighted by atomic mass is 16.6. The van der Waals surface area contributed by atoms with E-state index in [-0.39, 0.29) is 24.9 Å². The molecule has 0 unspecified atom stereocenters. The van der Waals surface area contributed by atoms with Crippen molar-refractivity contribution in [3.8, 4) is 0 Å². The first kappa shape index (κ1) is 17.5. The number of benzene rings is 1. The maximum atomic E-state index is 12.0. The van der Waals surface area contributed by atoms with Crippen molar-refractivity contribution >= 4 is 23.4 Å². The van der Waals surface area contributed by atoms with Gasteiger partial charge < -0.3 is 19.9 Å². The van der Waals surface area contributed by atoms with Gasteiger partial charge in [-0.2, -0.15) is 0 Å². The van der Waals surface area contributed by atoms with E-state index in [4.69, 9.17) is 4.74 Å². The van der Waals surface area contributed by atoms with Crippen LogP contribution in [0, 0.1) is 10.1 Å². The maximum absolute atomic E-state index is 12.0. The normalized spacial score (nSPS) is 14.2. The summed E-state index contributed by atoms with van der Waals surface area (Å²) in [6, 6.07) is 6.04. The average molecular weight is 336 g/mol. The molecule has 0 aromatic heterocycles. The number of urea groups is 1. The molecule has 1 saturated heterocycles. The molecule has 2 rings (SSSR count). The number of piperazine rings is 1. The zero-order valence-electron chi connectivity index (χ0n) is 13.4. The number of nitro benzene ring substituents is 1. The Morgan fingerprint density at radius 1 is 1.21 bits per heavy atom. The minimum Gasteiger partial charge on any atom is -0.465 e. The first-order valence-corrected chi connectivity index (χ1v) is 7.69. The average Bonchev–Trinajstić information content (AvgIpc) is 2.60. The summed E-state index contributed by atoms with van der Waals surface area (Å²) in [5.41, 5.74) is 0.933. The van der Waals surface area contributed by atoms with Gasteiger partial charge in [0.05, 0.1) is 11.5 Å². The van der Waals surface area contributed by atoms with Gasteiger partial charge in [-0.3, -0.25) is 14.9 Å². The van der Waals surface area contributed by atoms with Crippen LogP contribution in [0.3, 0.4) is 0 Å². The van der Waals surface area contributed by atoms with Crippen LogP contribution in [-0.4, -0.2) is 61.2 Å². The third-order valence-corrected chi connectivity index (χ3v) is 3.68. The Kier molecular flexibility index (Phi) is 5.94. The quantitative estimate of drug-likeness (QED) is 0.488. The van der Waals surface area contributed by atoms with Crippen molar-refractivity contribution in [3.05, 3.63) is 34.4 Å². The van der Waals surface area contributed by atoms with E-state index >= 15 is 0 Å². The summed E-state index contributed by atoms with van der Waals surface area (Å²) < 4.78 is 4.75. The van der Waals surface area contributed by atoms with Crippen molar-refractivity contribution in [1.29, 1.82) is 0 Å². The van der Waals surface area contributed by atoms with Gasteiger partial charge in [-0.25, -0.2) is 4.79 Å². The zero-order valence-corrected chi connectivity index (χ0v) is 13.4. The van der Waals surface area contributed by atoms with Crippen LogP contribution < -0.4 is 10.2 Å². The molecule has 9 heteroatoms. The van der Waals surface area contributed by atoms with Crippen LogP contribution in [0.15, 0.2) is 24.3 Å². The largest absolute Gasteiger partial charge is 0.465 e. The minimum atomic E-state index is -0.463. The molecule has 0 radical (unpaired) electrons. The first-order chi connectivity index (χ1) is 11.5. The lowest BCUT2D eigenvalue weighted by Gasteiger charge is -2.36. The molecule has 2 amide bonds. The molecular formula is C15H20N4O5. The van der Waals surface area contributed by atoms with E-state index in [2.05, 4.69) is 10.2 Å². The molecule has 1 heterocycles. The second kappa shape index (κ2) is 8.14. The molecule has 1 aromatic rings. The number of anilines is 1. The van der Waals surface area contributed by atoms with Crippen LogP contribution in [0.2, 0.25) is 0 Å². The molecular weight excluding hydrogens is 316 g/mol. The predicted molar refractivity (Wildman–Crippen MR) is 86.9 cm³/mol. The number of carbonyl (C=O) groups excluding carboxylic acids is 2. The molecule has 1 aliphatic heterocycles. The van der Waals surface area contributed by atoms with Gasteiger partial charge in [-0.15, -0.1) is 0 Å². The van der Waals surface area contributed by atoms with Crippen molar-refractivity contribution in [2.75, 3.05) is 44.2 Å². The van der Waals surface area contributed by atoms with E-state index in [1.54, 1.807) is 24.0 Å². The molecule has 1 fully saturated rings. The summed E-state index contributed by atoms with van der Waals surface area (Å²) in [5, 5.41) is 13.2. The number of ether oxygens (including phenoxy) is 1. The highest BCUT2D eigenvalue weighted by molar-refractivity contribution is 5.81. The van der Waals surface area contributed by atoms with Crippen LogP contribution in [0.1, 0.15) is 6.92 Å². The number of nitro groups is 1. The van der Waals surface area contributed by atoms with Gasteiger partial charge in [0.15, 0.2) is 0 Å². The van der Waals surface area contributed by atoms with E-state index in [1.165, 1.54) is 12.1 Å². The Hall–Kier alpha value is -2.84. The van der Waals surface area contributed by atoms with Crippen LogP contribution in [-0.2, 0) is 9.53 Å². The van der Waals surface area contributed by atoms with Crippen LogP contribution >= 0.6 is 0 Å². The Morgan fingerprint density at radius 3 is 2.38 bits per heavy atom. The lowest BCUT2D eigenvalue weighted by molar-refractivity contribution is -0.384. The standard InChI is InChI=1S/C15H20N4O5/c1-2-24-14(20)11-16-15(21)18-9-7-17(8-10-18)12-3-5-13(6-4-12)19(22)23/h3-6H,2,7-11H2,1H3,(H,16,21). The highest BCUT2D eigenvalue weighted by Gasteiger charge is 2.22. The summed E-state index contributed by atoms with van der Waals surface area (Å²) in [6.45, 7) is 4.08. The fourth-order valence-corrected chi connectivity index (χ4v) is 2.42. The number of non-ortho nitro benzene ring substituents is 1. The zero-order chi connectivity index (χ0) is 17.5. The van der Waals surface area contributed by atoms with Gasteiger partial charge in [0.2, 0.25) is 0 Å². The monoisotopic (exact) mass is 336 g/mol. The second-order valence-electron chi connectivity index (χ2n) is 5.21. The van der Waals surface area contributed by atoms with Gasteiger partial charge >= 0.3 is 12.0 Å². The van der Waals surface area contributed by atoms with Gasteiger partial charge in [0, 0.05) is 44.0 Å². The van der Waals surface area contributed by atoms with Crippen LogP contribution in [0.25, 0.3) is 0 Å². The van der Waals surface area contributed by atoms with Gasteiger partial charge in [-0.05, 0) is 19.1 Å². The third-order valence-electron chi connectivity index (χ3n) is 3.68. The fraction of sp³-hybridized carbons (Fsp3) is 0.467. The molecule has 0 spiro atoms. The molecule has 0 saturated carbocycles. The molecule has 24 heavy (non-hydrogen) atoms. The number of esters is 1. The van der Waals surface area contributed by atoms with Crippen molar-refractivity contribution < 1.29 is 19.2 Å². The topological polar surface area (TPSA) is 105 Å². The van der Waals surface area contributed by atoms with Crippen molar-refractivity contribution in [2.24, 2.45) is 0 Å². The summed E-state index contributed by atoms with van der Waals surface area (Å²) >= 11 is 0. The van der Waals surface area contributed by atoms with Crippen LogP contribution in [0.5, 0.6) is 0 Å². The number of nitrogens with one attached hydrogen (secondary N) is 1. The number of hydrogen-bond donors (Lipinski definition) is 1. The van der Waals surface area contributed by atoms with Gasteiger partial charge in [-0.1, -0.05) is 0 Å².